The molecule has 1 heterocycles. The van der Waals surface area contributed by atoms with Crippen LogP contribution in [0.15, 0.2) is 79.1 Å². The maximum absolute atomic E-state index is 12.0. The molecule has 126 valence electrons. The number of nitrogens with zero attached hydrogens (tertiary/aromatic N) is 1. The lowest BCUT2D eigenvalue weighted by Crippen LogP contribution is -2.03. The zero-order valence-corrected chi connectivity index (χ0v) is 14.1. The minimum atomic E-state index is 0.261. The van der Waals surface area contributed by atoms with Crippen molar-refractivity contribution in [3.8, 4) is 11.5 Å². The van der Waals surface area contributed by atoms with Gasteiger partial charge >= 0.3 is 0 Å². The monoisotopic (exact) mass is 331 g/mol. The standard InChI is InChI=1S/C22H21NO2/c24-20(16-19-7-5-15-23-17-19)8-4-6-18-11-13-22(14-12-18)25-21-9-2-1-3-10-21/h1-3,5,7,9-15,17H,4,6,8,16H2. The first kappa shape index (κ1) is 16.9. The third-order valence-corrected chi connectivity index (χ3v) is 3.95. The average Bonchev–Trinajstić information content (AvgIpc) is 2.65. The molecule has 25 heavy (non-hydrogen) atoms. The summed E-state index contributed by atoms with van der Waals surface area (Å²) in [7, 11) is 0. The summed E-state index contributed by atoms with van der Waals surface area (Å²) in [6, 6.07) is 21.6. The largest absolute Gasteiger partial charge is 0.457 e. The first-order valence-corrected chi connectivity index (χ1v) is 8.52. The first-order valence-electron chi connectivity index (χ1n) is 8.52. The molecule has 0 N–H and O–H groups in total. The molecule has 0 fully saturated rings. The van der Waals surface area contributed by atoms with Gasteiger partial charge < -0.3 is 4.74 Å². The highest BCUT2D eigenvalue weighted by atomic mass is 16.5. The van der Waals surface area contributed by atoms with E-state index in [1.807, 2.05) is 54.6 Å². The third-order valence-electron chi connectivity index (χ3n) is 3.95. The van der Waals surface area contributed by atoms with Crippen molar-refractivity contribution in [1.82, 2.24) is 4.98 Å². The molecule has 3 heteroatoms. The van der Waals surface area contributed by atoms with Gasteiger partial charge in [0.25, 0.3) is 0 Å². The predicted molar refractivity (Wildman–Crippen MR) is 98.8 cm³/mol. The van der Waals surface area contributed by atoms with E-state index in [0.29, 0.717) is 12.8 Å². The van der Waals surface area contributed by atoms with Crippen LogP contribution >= 0.6 is 0 Å². The minimum absolute atomic E-state index is 0.261. The molecule has 0 spiro atoms. The molecule has 0 saturated carbocycles. The van der Waals surface area contributed by atoms with Crippen LogP contribution in [0.3, 0.4) is 0 Å². The van der Waals surface area contributed by atoms with Crippen molar-refractivity contribution >= 4 is 5.78 Å². The van der Waals surface area contributed by atoms with Crippen LogP contribution in [-0.4, -0.2) is 10.8 Å². The van der Waals surface area contributed by atoms with E-state index < -0.39 is 0 Å². The Bertz CT molecular complexity index is 783. The second kappa shape index (κ2) is 8.78. The fourth-order valence-corrected chi connectivity index (χ4v) is 2.66. The molecule has 0 radical (unpaired) electrons. The molecular formula is C22H21NO2. The second-order valence-corrected chi connectivity index (χ2v) is 5.99. The van der Waals surface area contributed by atoms with Crippen molar-refractivity contribution in [2.75, 3.05) is 0 Å². The van der Waals surface area contributed by atoms with Crippen molar-refractivity contribution in [3.05, 3.63) is 90.3 Å². The van der Waals surface area contributed by atoms with Gasteiger partial charge in [-0.1, -0.05) is 36.4 Å². The normalized spacial score (nSPS) is 10.4. The molecule has 0 aliphatic carbocycles. The molecule has 0 bridgehead atoms. The predicted octanol–water partition coefficient (Wildman–Crippen LogP) is 5.01. The molecule has 3 nitrogen and oxygen atoms in total. The highest BCUT2D eigenvalue weighted by Crippen LogP contribution is 2.21. The number of hydrogen-bond acceptors (Lipinski definition) is 3. The summed E-state index contributed by atoms with van der Waals surface area (Å²) < 4.78 is 5.78. The Morgan fingerprint density at radius 3 is 2.32 bits per heavy atom. The number of aromatic nitrogens is 1. The number of carbonyl (C=O) groups excluding carboxylic acids is 1. The number of rotatable bonds is 8. The van der Waals surface area contributed by atoms with E-state index in [-0.39, 0.29) is 5.78 Å². The lowest BCUT2D eigenvalue weighted by Gasteiger charge is -2.07. The van der Waals surface area contributed by atoms with Crippen LogP contribution in [0.5, 0.6) is 11.5 Å². The van der Waals surface area contributed by atoms with E-state index in [9.17, 15) is 4.79 Å². The molecule has 2 aromatic carbocycles. The highest BCUT2D eigenvalue weighted by Gasteiger charge is 2.04. The molecule has 3 rings (SSSR count). The van der Waals surface area contributed by atoms with E-state index in [1.165, 1.54) is 5.56 Å². The topological polar surface area (TPSA) is 39.2 Å². The van der Waals surface area contributed by atoms with Crippen LogP contribution in [0.4, 0.5) is 0 Å². The van der Waals surface area contributed by atoms with Crippen molar-refractivity contribution < 1.29 is 9.53 Å². The zero-order chi connectivity index (χ0) is 17.3. The Morgan fingerprint density at radius 2 is 1.60 bits per heavy atom. The summed E-state index contributed by atoms with van der Waals surface area (Å²) in [5.74, 6) is 1.91. The summed E-state index contributed by atoms with van der Waals surface area (Å²) in [5, 5.41) is 0. The van der Waals surface area contributed by atoms with Crippen LogP contribution < -0.4 is 4.74 Å². The number of Topliss-reactive ketones (excluding diaryl/α,β-unsaturated/α-hetero) is 1. The van der Waals surface area contributed by atoms with E-state index in [4.69, 9.17) is 4.74 Å². The Kier molecular flexibility index (Phi) is 5.94. The van der Waals surface area contributed by atoms with Crippen molar-refractivity contribution in [1.29, 1.82) is 0 Å². The molecule has 3 aromatic rings. The molecular weight excluding hydrogens is 310 g/mol. The molecule has 0 amide bonds. The van der Waals surface area contributed by atoms with Gasteiger partial charge in [-0.2, -0.15) is 0 Å². The van der Waals surface area contributed by atoms with Gasteiger partial charge in [-0.15, -0.1) is 0 Å². The number of aryl methyl sites for hydroxylation is 1. The SMILES string of the molecule is O=C(CCCc1ccc(Oc2ccccc2)cc1)Cc1cccnc1. The summed E-state index contributed by atoms with van der Waals surface area (Å²) in [6.45, 7) is 0. The summed E-state index contributed by atoms with van der Waals surface area (Å²) in [6.07, 6.45) is 6.29. The summed E-state index contributed by atoms with van der Waals surface area (Å²) in [5.41, 5.74) is 2.20. The van der Waals surface area contributed by atoms with Crippen LogP contribution in [0.1, 0.15) is 24.0 Å². The molecule has 0 aliphatic rings. The van der Waals surface area contributed by atoms with Crippen LogP contribution in [0, 0.1) is 0 Å². The maximum Gasteiger partial charge on any atom is 0.137 e. The fourth-order valence-electron chi connectivity index (χ4n) is 2.66. The molecule has 1 aromatic heterocycles. The van der Waals surface area contributed by atoms with Gasteiger partial charge in [0.1, 0.15) is 17.3 Å². The lowest BCUT2D eigenvalue weighted by atomic mass is 10.0. The van der Waals surface area contributed by atoms with Crippen molar-refractivity contribution in [2.24, 2.45) is 0 Å². The number of para-hydroxylation sites is 1. The van der Waals surface area contributed by atoms with Gasteiger partial charge in [0.2, 0.25) is 0 Å². The summed E-state index contributed by atoms with van der Waals surface area (Å²) in [4.78, 5) is 16.1. The molecule has 0 atom stereocenters. The Hall–Kier alpha value is -2.94. The number of pyridine rings is 1. The smallest absolute Gasteiger partial charge is 0.137 e. The second-order valence-electron chi connectivity index (χ2n) is 5.99. The van der Waals surface area contributed by atoms with Gasteiger partial charge in [0.05, 0.1) is 0 Å². The van der Waals surface area contributed by atoms with Crippen molar-refractivity contribution in [2.45, 2.75) is 25.7 Å². The number of ketones is 1. The number of benzene rings is 2. The fraction of sp³-hybridized carbons (Fsp3) is 0.182. The van der Waals surface area contributed by atoms with Crippen molar-refractivity contribution in [3.63, 3.8) is 0 Å². The van der Waals surface area contributed by atoms with Crippen LogP contribution in [-0.2, 0) is 17.6 Å². The zero-order valence-electron chi connectivity index (χ0n) is 14.1. The van der Waals surface area contributed by atoms with Gasteiger partial charge in [0.15, 0.2) is 0 Å². The Balaban J connectivity index is 1.43. The lowest BCUT2D eigenvalue weighted by molar-refractivity contribution is -0.118. The molecule has 0 unspecified atom stereocenters. The number of hydrogen-bond donors (Lipinski definition) is 0. The van der Waals surface area contributed by atoms with Gasteiger partial charge in [0, 0.05) is 25.2 Å². The third kappa shape index (κ3) is 5.57. The van der Waals surface area contributed by atoms with Gasteiger partial charge in [-0.3, -0.25) is 9.78 Å². The van der Waals surface area contributed by atoms with Gasteiger partial charge in [-0.25, -0.2) is 0 Å². The summed E-state index contributed by atoms with van der Waals surface area (Å²) >= 11 is 0. The van der Waals surface area contributed by atoms with Crippen LogP contribution in [0.2, 0.25) is 0 Å². The highest BCUT2D eigenvalue weighted by molar-refractivity contribution is 5.80. The quantitative estimate of drug-likeness (QED) is 0.582. The van der Waals surface area contributed by atoms with Gasteiger partial charge in [-0.05, 0) is 54.3 Å². The number of ether oxygens (including phenoxy) is 1. The Morgan fingerprint density at radius 1 is 0.840 bits per heavy atom. The first-order chi connectivity index (χ1) is 12.3. The van der Waals surface area contributed by atoms with E-state index in [0.717, 1.165) is 29.9 Å². The minimum Gasteiger partial charge on any atom is -0.457 e. The van der Waals surface area contributed by atoms with E-state index >= 15 is 0 Å². The van der Waals surface area contributed by atoms with E-state index in [1.54, 1.807) is 12.4 Å². The van der Waals surface area contributed by atoms with Crippen LogP contribution in [0.25, 0.3) is 0 Å². The Labute approximate surface area is 148 Å². The number of carbonyl (C=O) groups is 1. The van der Waals surface area contributed by atoms with E-state index in [2.05, 4.69) is 17.1 Å². The maximum atomic E-state index is 12.0. The average molecular weight is 331 g/mol. The molecule has 0 aliphatic heterocycles. The molecule has 0 saturated heterocycles.